The number of likely N-dealkylation sites (tertiary alicyclic amines) is 1. The van der Waals surface area contributed by atoms with Crippen molar-refractivity contribution in [3.05, 3.63) is 64.7 Å². The maximum absolute atomic E-state index is 13.5. The summed E-state index contributed by atoms with van der Waals surface area (Å²) in [5, 5.41) is 4.16. The third-order valence-electron chi connectivity index (χ3n) is 5.77. The molecule has 5 rings (SSSR count). The molecule has 2 atom stereocenters. The van der Waals surface area contributed by atoms with Crippen LogP contribution in [-0.4, -0.2) is 46.2 Å². The van der Waals surface area contributed by atoms with Gasteiger partial charge < -0.3 is 10.1 Å². The molecule has 2 aliphatic heterocycles. The second-order valence-electron chi connectivity index (χ2n) is 7.51. The number of fused-ring (bicyclic) bond motifs is 3. The van der Waals surface area contributed by atoms with Gasteiger partial charge in [0.1, 0.15) is 11.6 Å². The van der Waals surface area contributed by atoms with Crippen LogP contribution in [0.1, 0.15) is 19.2 Å². The van der Waals surface area contributed by atoms with Gasteiger partial charge in [-0.1, -0.05) is 24.3 Å². The summed E-state index contributed by atoms with van der Waals surface area (Å²) in [6.45, 7) is 5.17. The highest BCUT2D eigenvalue weighted by Gasteiger charge is 2.38. The van der Waals surface area contributed by atoms with Crippen LogP contribution in [-0.2, 0) is 6.54 Å². The van der Waals surface area contributed by atoms with Crippen LogP contribution in [0.5, 0.6) is 5.75 Å². The van der Waals surface area contributed by atoms with E-state index in [1.54, 1.807) is 4.57 Å². The smallest absolute Gasteiger partial charge is 0.266 e. The van der Waals surface area contributed by atoms with E-state index in [1.807, 2.05) is 55.5 Å². The summed E-state index contributed by atoms with van der Waals surface area (Å²) < 4.78 is 7.56. The standard InChI is InChI=1S/C22H24N4O2/c1-2-28-20-10-6-5-9-19(20)26-21(14-25-13-15-11-16(25)12-23-15)24-18-8-4-3-7-17(18)22(26)27/h3-10,15-16,23H,2,11-14H2,1H3. The second-order valence-corrected chi connectivity index (χ2v) is 7.51. The lowest BCUT2D eigenvalue weighted by molar-refractivity contribution is 0.211. The van der Waals surface area contributed by atoms with Crippen molar-refractivity contribution < 1.29 is 4.74 Å². The van der Waals surface area contributed by atoms with Crippen LogP contribution in [0.2, 0.25) is 0 Å². The van der Waals surface area contributed by atoms with Crippen LogP contribution in [0, 0.1) is 0 Å². The minimum atomic E-state index is -0.0461. The molecule has 0 radical (unpaired) electrons. The molecule has 0 aliphatic carbocycles. The van der Waals surface area contributed by atoms with Gasteiger partial charge in [-0.25, -0.2) is 4.98 Å². The molecule has 2 saturated heterocycles. The summed E-state index contributed by atoms with van der Waals surface area (Å²) in [5.74, 6) is 1.47. The first-order valence-electron chi connectivity index (χ1n) is 9.95. The van der Waals surface area contributed by atoms with Crippen molar-refractivity contribution in [3.8, 4) is 11.4 Å². The first-order valence-corrected chi connectivity index (χ1v) is 9.95. The molecule has 0 saturated carbocycles. The van der Waals surface area contributed by atoms with Gasteiger partial charge in [-0.2, -0.15) is 0 Å². The minimum absolute atomic E-state index is 0.0461. The van der Waals surface area contributed by atoms with Gasteiger partial charge in [0.2, 0.25) is 0 Å². The molecule has 3 heterocycles. The number of nitrogens with zero attached hydrogens (tertiary/aromatic N) is 3. The maximum Gasteiger partial charge on any atom is 0.266 e. The predicted molar refractivity (Wildman–Crippen MR) is 109 cm³/mol. The number of hydrogen-bond acceptors (Lipinski definition) is 5. The van der Waals surface area contributed by atoms with E-state index < -0.39 is 0 Å². The summed E-state index contributed by atoms with van der Waals surface area (Å²) in [4.78, 5) is 20.8. The zero-order valence-corrected chi connectivity index (χ0v) is 16.0. The number of hydrogen-bond donors (Lipinski definition) is 1. The van der Waals surface area contributed by atoms with Gasteiger partial charge in [-0.05, 0) is 37.6 Å². The van der Waals surface area contributed by atoms with Crippen molar-refractivity contribution in [2.24, 2.45) is 0 Å². The van der Waals surface area contributed by atoms with Crippen LogP contribution in [0.15, 0.2) is 53.3 Å². The quantitative estimate of drug-likeness (QED) is 0.741. The van der Waals surface area contributed by atoms with Gasteiger partial charge in [0.05, 0.1) is 29.7 Å². The Morgan fingerprint density at radius 2 is 2.00 bits per heavy atom. The van der Waals surface area contributed by atoms with E-state index in [2.05, 4.69) is 10.2 Å². The monoisotopic (exact) mass is 376 g/mol. The van der Waals surface area contributed by atoms with Crippen molar-refractivity contribution in [3.63, 3.8) is 0 Å². The number of piperazine rings is 1. The highest BCUT2D eigenvalue weighted by molar-refractivity contribution is 5.78. The Kier molecular flexibility index (Phi) is 4.37. The van der Waals surface area contributed by atoms with Gasteiger partial charge in [0.25, 0.3) is 5.56 Å². The van der Waals surface area contributed by atoms with Crippen molar-refractivity contribution in [1.82, 2.24) is 19.8 Å². The van der Waals surface area contributed by atoms with E-state index in [4.69, 9.17) is 9.72 Å². The maximum atomic E-state index is 13.5. The highest BCUT2D eigenvalue weighted by Crippen LogP contribution is 2.27. The number of rotatable bonds is 5. The average molecular weight is 376 g/mol. The Labute approximate surface area is 163 Å². The van der Waals surface area contributed by atoms with E-state index in [0.29, 0.717) is 36.4 Å². The first kappa shape index (κ1) is 17.4. The van der Waals surface area contributed by atoms with Gasteiger partial charge in [-0.15, -0.1) is 0 Å². The molecule has 144 valence electrons. The molecule has 2 unspecified atom stereocenters. The highest BCUT2D eigenvalue weighted by atomic mass is 16.5. The lowest BCUT2D eigenvalue weighted by atomic mass is 10.2. The molecule has 28 heavy (non-hydrogen) atoms. The van der Waals surface area contributed by atoms with Crippen molar-refractivity contribution in [1.29, 1.82) is 0 Å². The van der Waals surface area contributed by atoms with E-state index in [9.17, 15) is 4.79 Å². The van der Waals surface area contributed by atoms with Gasteiger partial charge in [-0.3, -0.25) is 14.3 Å². The topological polar surface area (TPSA) is 59.4 Å². The fourth-order valence-corrected chi connectivity index (χ4v) is 4.48. The lowest BCUT2D eigenvalue weighted by Gasteiger charge is -2.28. The molecule has 2 aliphatic rings. The van der Waals surface area contributed by atoms with Crippen LogP contribution in [0.3, 0.4) is 0 Å². The van der Waals surface area contributed by atoms with Crippen molar-refractivity contribution in [2.75, 3.05) is 19.7 Å². The van der Waals surface area contributed by atoms with E-state index in [1.165, 1.54) is 6.42 Å². The minimum Gasteiger partial charge on any atom is -0.492 e. The fourth-order valence-electron chi connectivity index (χ4n) is 4.48. The van der Waals surface area contributed by atoms with E-state index in [-0.39, 0.29) is 5.56 Å². The number of ether oxygens (including phenoxy) is 1. The molecule has 1 aromatic heterocycles. The summed E-state index contributed by atoms with van der Waals surface area (Å²) in [5.41, 5.74) is 1.45. The molecular formula is C22H24N4O2. The molecule has 6 heteroatoms. The molecule has 0 spiro atoms. The zero-order chi connectivity index (χ0) is 19.1. The molecule has 2 fully saturated rings. The molecule has 1 N–H and O–H groups in total. The van der Waals surface area contributed by atoms with Crippen LogP contribution in [0.4, 0.5) is 0 Å². The predicted octanol–water partition coefficient (Wildman–Crippen LogP) is 2.33. The van der Waals surface area contributed by atoms with E-state index in [0.717, 1.165) is 30.1 Å². The van der Waals surface area contributed by atoms with Gasteiger partial charge in [0.15, 0.2) is 0 Å². The van der Waals surface area contributed by atoms with E-state index >= 15 is 0 Å². The molecule has 3 aromatic rings. The number of para-hydroxylation sites is 3. The summed E-state index contributed by atoms with van der Waals surface area (Å²) in [6, 6.07) is 16.4. The Hall–Kier alpha value is -2.70. The van der Waals surface area contributed by atoms with Gasteiger partial charge >= 0.3 is 0 Å². The Morgan fingerprint density at radius 1 is 1.18 bits per heavy atom. The van der Waals surface area contributed by atoms with Crippen molar-refractivity contribution >= 4 is 10.9 Å². The fraction of sp³-hybridized carbons (Fsp3) is 0.364. The lowest BCUT2D eigenvalue weighted by Crippen LogP contribution is -2.44. The zero-order valence-electron chi connectivity index (χ0n) is 16.0. The SMILES string of the molecule is CCOc1ccccc1-n1c(CN2CC3CC2CN3)nc2ccccc2c1=O. The van der Waals surface area contributed by atoms with Crippen LogP contribution >= 0.6 is 0 Å². The largest absolute Gasteiger partial charge is 0.492 e. The van der Waals surface area contributed by atoms with Crippen LogP contribution in [0.25, 0.3) is 16.6 Å². The second kappa shape index (κ2) is 7.04. The third-order valence-corrected chi connectivity index (χ3v) is 5.77. The Bertz CT molecular complexity index is 1080. The van der Waals surface area contributed by atoms with Crippen molar-refractivity contribution in [2.45, 2.75) is 32.0 Å². The average Bonchev–Trinajstić information content (AvgIpc) is 3.33. The molecule has 6 nitrogen and oxygen atoms in total. The third kappa shape index (κ3) is 2.89. The Morgan fingerprint density at radius 3 is 2.79 bits per heavy atom. The number of aromatic nitrogens is 2. The number of nitrogens with one attached hydrogen (secondary N) is 1. The molecule has 2 aromatic carbocycles. The Balaban J connectivity index is 1.68. The van der Waals surface area contributed by atoms with Gasteiger partial charge in [0, 0.05) is 25.2 Å². The normalized spacial score (nSPS) is 21.5. The summed E-state index contributed by atoms with van der Waals surface area (Å²) in [7, 11) is 0. The summed E-state index contributed by atoms with van der Waals surface area (Å²) in [6.07, 6.45) is 1.17. The van der Waals surface area contributed by atoms with Crippen LogP contribution < -0.4 is 15.6 Å². The molecule has 0 amide bonds. The molecular weight excluding hydrogens is 352 g/mol. The molecule has 2 bridgehead atoms. The summed E-state index contributed by atoms with van der Waals surface area (Å²) >= 11 is 0. The first-order chi connectivity index (χ1) is 13.7. The number of benzene rings is 2.